The van der Waals surface area contributed by atoms with Gasteiger partial charge in [0.25, 0.3) is 5.91 Å². The minimum absolute atomic E-state index is 0.00601. The fourth-order valence-electron chi connectivity index (χ4n) is 5.22. The molecule has 4 atom stereocenters. The molecule has 1 aromatic carbocycles. The molecule has 162 valence electrons. The average Bonchev–Trinajstić information content (AvgIpc) is 2.66. The number of ketones is 2. The first-order chi connectivity index (χ1) is 14.5. The number of nitrogens with two attached hydrogens (primary N) is 2. The third-order valence-corrected chi connectivity index (χ3v) is 6.70. The summed E-state index contributed by atoms with van der Waals surface area (Å²) < 4.78 is 0. The van der Waals surface area contributed by atoms with Gasteiger partial charge in [-0.2, -0.15) is 0 Å². The number of allylic oxidation sites excluding steroid dienone is 3. The molecule has 0 saturated carbocycles. The molecule has 3 aliphatic carbocycles. The molecule has 2 amide bonds. The molecule has 0 bridgehead atoms. The summed E-state index contributed by atoms with van der Waals surface area (Å²) in [6.07, 6.45) is 0.498. The van der Waals surface area contributed by atoms with Gasteiger partial charge >= 0.3 is 0 Å². The number of benzene rings is 1. The molecular weight excluding hydrogens is 404 g/mol. The van der Waals surface area contributed by atoms with Crippen LogP contribution in [0.25, 0.3) is 0 Å². The van der Waals surface area contributed by atoms with E-state index < -0.39 is 64.1 Å². The van der Waals surface area contributed by atoms with Gasteiger partial charge in [0.2, 0.25) is 5.91 Å². The summed E-state index contributed by atoms with van der Waals surface area (Å²) in [7, 11) is 0. The van der Waals surface area contributed by atoms with Crippen LogP contribution in [0.1, 0.15) is 47.2 Å². The zero-order valence-electron chi connectivity index (χ0n) is 16.7. The first-order valence-electron chi connectivity index (χ1n) is 9.92. The van der Waals surface area contributed by atoms with E-state index in [1.807, 2.05) is 0 Å². The van der Waals surface area contributed by atoms with Crippen molar-refractivity contribution in [2.75, 3.05) is 0 Å². The second kappa shape index (κ2) is 6.97. The van der Waals surface area contributed by atoms with Crippen LogP contribution < -0.4 is 11.5 Å². The summed E-state index contributed by atoms with van der Waals surface area (Å²) in [6.45, 7) is 1.60. The highest BCUT2D eigenvalue weighted by Gasteiger charge is 2.50. The van der Waals surface area contributed by atoms with Crippen molar-refractivity contribution in [1.82, 2.24) is 0 Å². The van der Waals surface area contributed by atoms with Crippen molar-refractivity contribution in [3.63, 3.8) is 0 Å². The highest BCUT2D eigenvalue weighted by atomic mass is 16.3. The summed E-state index contributed by atoms with van der Waals surface area (Å²) in [5.41, 5.74) is 11.1. The Hall–Kier alpha value is -3.62. The van der Waals surface area contributed by atoms with E-state index in [-0.39, 0.29) is 36.1 Å². The van der Waals surface area contributed by atoms with Gasteiger partial charge in [-0.3, -0.25) is 19.2 Å². The number of hydrogen-bond donors (Lipinski definition) is 5. The van der Waals surface area contributed by atoms with Crippen LogP contribution in [0.3, 0.4) is 0 Å². The number of fused-ring (bicyclic) bond motifs is 3. The zero-order chi connectivity index (χ0) is 22.8. The second-order valence-corrected chi connectivity index (χ2v) is 8.41. The fraction of sp³-hybridized carbons (Fsp3) is 0.364. The van der Waals surface area contributed by atoms with Crippen molar-refractivity contribution >= 4 is 23.4 Å². The minimum Gasteiger partial charge on any atom is -0.511 e. The Morgan fingerprint density at radius 1 is 1.10 bits per heavy atom. The third kappa shape index (κ3) is 2.91. The topological polar surface area (TPSA) is 181 Å². The van der Waals surface area contributed by atoms with E-state index in [9.17, 15) is 34.5 Å². The SMILES string of the molecule is CC(C(N)=O)c1ccc(O)c2c1CC1CC3CC(O)=C(C(N)=O)C(=O)C3C(O)=C1C2=O. The molecule has 9 heteroatoms. The minimum atomic E-state index is -1.16. The lowest BCUT2D eigenvalue weighted by molar-refractivity contribution is -0.126. The molecule has 0 fully saturated rings. The Labute approximate surface area is 177 Å². The highest BCUT2D eigenvalue weighted by Crippen LogP contribution is 2.50. The van der Waals surface area contributed by atoms with Gasteiger partial charge in [-0.1, -0.05) is 6.07 Å². The largest absolute Gasteiger partial charge is 0.511 e. The molecule has 7 N–H and O–H groups in total. The van der Waals surface area contributed by atoms with Gasteiger partial charge in [0.15, 0.2) is 11.6 Å². The number of phenolic OH excluding ortho intramolecular Hbond substituents is 1. The lowest BCUT2D eigenvalue weighted by Gasteiger charge is -2.41. The van der Waals surface area contributed by atoms with Crippen LogP contribution in [-0.2, 0) is 20.8 Å². The van der Waals surface area contributed by atoms with E-state index in [1.54, 1.807) is 13.0 Å². The number of aliphatic hydroxyl groups is 2. The number of phenols is 1. The van der Waals surface area contributed by atoms with Crippen LogP contribution >= 0.6 is 0 Å². The molecule has 3 aliphatic rings. The average molecular weight is 426 g/mol. The molecule has 31 heavy (non-hydrogen) atoms. The summed E-state index contributed by atoms with van der Waals surface area (Å²) in [5, 5.41) is 31.5. The van der Waals surface area contributed by atoms with Crippen LogP contribution in [0.4, 0.5) is 0 Å². The number of Topliss-reactive ketones (excluding diaryl/α,β-unsaturated/α-hetero) is 2. The number of rotatable bonds is 3. The fourth-order valence-corrected chi connectivity index (χ4v) is 5.22. The molecule has 4 rings (SSSR count). The summed E-state index contributed by atoms with van der Waals surface area (Å²) in [5.74, 6) is -7.17. The lowest BCUT2D eigenvalue weighted by atomic mass is 9.62. The molecular formula is C22H22N2O7. The van der Waals surface area contributed by atoms with E-state index in [4.69, 9.17) is 11.5 Å². The molecule has 0 aromatic heterocycles. The maximum atomic E-state index is 13.3. The van der Waals surface area contributed by atoms with Crippen LogP contribution in [-0.4, -0.2) is 38.7 Å². The smallest absolute Gasteiger partial charge is 0.255 e. The number of hydrogen-bond acceptors (Lipinski definition) is 7. The van der Waals surface area contributed by atoms with Gasteiger partial charge in [0.05, 0.1) is 17.4 Å². The monoisotopic (exact) mass is 426 g/mol. The Morgan fingerprint density at radius 3 is 2.39 bits per heavy atom. The van der Waals surface area contributed by atoms with Crippen molar-refractivity contribution in [2.24, 2.45) is 29.2 Å². The van der Waals surface area contributed by atoms with Crippen LogP contribution in [0.15, 0.2) is 34.8 Å². The van der Waals surface area contributed by atoms with Crippen LogP contribution in [0.5, 0.6) is 5.75 Å². The van der Waals surface area contributed by atoms with E-state index in [0.717, 1.165) is 0 Å². The van der Waals surface area contributed by atoms with E-state index in [1.165, 1.54) is 6.07 Å². The van der Waals surface area contributed by atoms with Crippen molar-refractivity contribution in [3.05, 3.63) is 51.5 Å². The van der Waals surface area contributed by atoms with Crippen molar-refractivity contribution in [2.45, 2.75) is 32.1 Å². The van der Waals surface area contributed by atoms with Crippen molar-refractivity contribution < 1.29 is 34.5 Å². The van der Waals surface area contributed by atoms with Gasteiger partial charge in [-0.05, 0) is 48.8 Å². The summed E-state index contributed by atoms with van der Waals surface area (Å²) >= 11 is 0. The Kier molecular flexibility index (Phi) is 4.64. The van der Waals surface area contributed by atoms with E-state index >= 15 is 0 Å². The number of aromatic hydroxyl groups is 1. The number of aliphatic hydroxyl groups excluding tert-OH is 2. The standard InChI is InChI=1S/C22H22N2O7/c1-7(21(23)30)10-2-3-12(25)16-11(10)5-8-4-9-6-13(26)17(22(24)31)20(29)15(9)18(27)14(8)19(16)28/h2-3,7-9,15,25-27H,4-6H2,1H3,(H2,23,30)(H2,24,31). The summed E-state index contributed by atoms with van der Waals surface area (Å²) in [4.78, 5) is 49.5. The van der Waals surface area contributed by atoms with Crippen LogP contribution in [0, 0.1) is 17.8 Å². The molecule has 0 radical (unpaired) electrons. The third-order valence-electron chi connectivity index (χ3n) is 6.70. The molecule has 4 unspecified atom stereocenters. The second-order valence-electron chi connectivity index (χ2n) is 8.41. The number of carbonyl (C=O) groups excluding carboxylic acids is 4. The number of amides is 2. The highest BCUT2D eigenvalue weighted by molar-refractivity contribution is 6.22. The van der Waals surface area contributed by atoms with Gasteiger partial charge in [-0.25, -0.2) is 0 Å². The Morgan fingerprint density at radius 2 is 1.77 bits per heavy atom. The molecule has 1 aromatic rings. The van der Waals surface area contributed by atoms with E-state index in [2.05, 4.69) is 0 Å². The maximum absolute atomic E-state index is 13.3. The van der Waals surface area contributed by atoms with Gasteiger partial charge in [0.1, 0.15) is 22.8 Å². The molecule has 0 saturated heterocycles. The normalized spacial score (nSPS) is 26.2. The summed E-state index contributed by atoms with van der Waals surface area (Å²) in [6, 6.07) is 2.85. The lowest BCUT2D eigenvalue weighted by Crippen LogP contribution is -2.43. The molecule has 0 aliphatic heterocycles. The van der Waals surface area contributed by atoms with Crippen LogP contribution in [0.2, 0.25) is 0 Å². The Balaban J connectivity index is 1.86. The number of carbonyl (C=O) groups is 4. The molecule has 0 heterocycles. The predicted octanol–water partition coefficient (Wildman–Crippen LogP) is 1.05. The van der Waals surface area contributed by atoms with E-state index in [0.29, 0.717) is 11.1 Å². The quantitative estimate of drug-likeness (QED) is 0.448. The predicted molar refractivity (Wildman–Crippen MR) is 107 cm³/mol. The first-order valence-corrected chi connectivity index (χ1v) is 9.92. The first kappa shape index (κ1) is 20.6. The zero-order valence-corrected chi connectivity index (χ0v) is 16.7. The van der Waals surface area contributed by atoms with Crippen molar-refractivity contribution in [1.29, 1.82) is 0 Å². The molecule has 0 spiro atoms. The van der Waals surface area contributed by atoms with Gasteiger partial charge in [0, 0.05) is 12.0 Å². The van der Waals surface area contributed by atoms with Crippen molar-refractivity contribution in [3.8, 4) is 5.75 Å². The molecule has 9 nitrogen and oxygen atoms in total. The maximum Gasteiger partial charge on any atom is 0.255 e. The Bertz CT molecular complexity index is 1130. The number of primary amides is 2. The van der Waals surface area contributed by atoms with Gasteiger partial charge < -0.3 is 26.8 Å². The van der Waals surface area contributed by atoms with Gasteiger partial charge in [-0.15, -0.1) is 0 Å².